The number of para-hydroxylation sites is 1. The molecular weight excluding hydrogens is 610 g/mol. The molecule has 2 aliphatic heterocycles. The Morgan fingerprint density at radius 1 is 1.06 bits per heavy atom. The number of likely N-dealkylation sites (N-methyl/N-ethyl adjacent to an activating group) is 1. The van der Waals surface area contributed by atoms with Crippen LogP contribution in [-0.2, 0) is 9.59 Å². The van der Waals surface area contributed by atoms with Crippen molar-refractivity contribution in [2.24, 2.45) is 5.73 Å². The van der Waals surface area contributed by atoms with Crippen LogP contribution in [0.2, 0.25) is 0 Å². The molecule has 0 unspecified atom stereocenters. The number of nitrogens with two attached hydrogens (primary N) is 1. The highest BCUT2D eigenvalue weighted by molar-refractivity contribution is 6.12. The van der Waals surface area contributed by atoms with E-state index >= 15 is 8.78 Å². The van der Waals surface area contributed by atoms with Gasteiger partial charge in [-0.2, -0.15) is 0 Å². The molecule has 0 saturated carbocycles. The first-order chi connectivity index (χ1) is 22.3. The first kappa shape index (κ1) is 31.4. The predicted molar refractivity (Wildman–Crippen MR) is 173 cm³/mol. The molecule has 3 amide bonds. The highest BCUT2D eigenvalue weighted by atomic mass is 19.1. The number of carbonyl (C=O) groups is 3. The standard InChI is InChI=1S/C34H32F2N6O5/c1-6-25(44)40-15-23-33(46)39(5)30-29(41(23)14-17(40)4)20-13-22(36)27(26-21(35)11-8-12-24(26)43)38-32(20)42(34(30)47)28-18(16(2)3)9-7-10-19(28)31(37)45/h6-13,16-17,23,43H,1,14-15H2,2-5H3,(H2,37,45)/t17-,23-/m1/s1. The summed E-state index contributed by atoms with van der Waals surface area (Å²) < 4.78 is 32.4. The Kier molecular flexibility index (Phi) is 7.57. The lowest BCUT2D eigenvalue weighted by atomic mass is 9.95. The van der Waals surface area contributed by atoms with Crippen molar-refractivity contribution < 1.29 is 28.3 Å². The fourth-order valence-electron chi connectivity index (χ4n) is 6.65. The molecule has 4 heterocycles. The van der Waals surface area contributed by atoms with Crippen molar-refractivity contribution in [2.75, 3.05) is 29.9 Å². The van der Waals surface area contributed by atoms with Crippen molar-refractivity contribution in [2.45, 2.75) is 38.8 Å². The van der Waals surface area contributed by atoms with E-state index in [-0.39, 0.29) is 58.6 Å². The van der Waals surface area contributed by atoms with Crippen LogP contribution in [0.1, 0.15) is 42.6 Å². The van der Waals surface area contributed by atoms with E-state index in [4.69, 9.17) is 5.73 Å². The Labute approximate surface area is 268 Å². The molecule has 0 aliphatic carbocycles. The van der Waals surface area contributed by atoms with E-state index in [0.29, 0.717) is 5.56 Å². The third-order valence-electron chi connectivity index (χ3n) is 8.89. The summed E-state index contributed by atoms with van der Waals surface area (Å²) in [4.78, 5) is 63.0. The Bertz CT molecular complexity index is 2070. The number of piperazine rings is 1. The summed E-state index contributed by atoms with van der Waals surface area (Å²) >= 11 is 0. The van der Waals surface area contributed by atoms with Crippen LogP contribution in [0.4, 0.5) is 20.2 Å². The number of carbonyl (C=O) groups excluding carboxylic acids is 3. The van der Waals surface area contributed by atoms with Crippen LogP contribution in [0.25, 0.3) is 28.0 Å². The molecule has 2 atom stereocenters. The third kappa shape index (κ3) is 4.72. The molecule has 4 aromatic rings. The van der Waals surface area contributed by atoms with Gasteiger partial charge in [-0.3, -0.25) is 23.7 Å². The zero-order chi connectivity index (χ0) is 34.1. The van der Waals surface area contributed by atoms with Gasteiger partial charge in [0.2, 0.25) is 5.91 Å². The second kappa shape index (κ2) is 11.3. The maximum absolute atomic E-state index is 16.2. The number of phenolic OH excluding ortho intramolecular Hbond substituents is 1. The average molecular weight is 643 g/mol. The van der Waals surface area contributed by atoms with Gasteiger partial charge in [-0.15, -0.1) is 0 Å². The number of aromatic hydroxyl groups is 1. The Hall–Kier alpha value is -5.59. The molecule has 2 aromatic carbocycles. The van der Waals surface area contributed by atoms with Crippen molar-refractivity contribution in [3.05, 3.63) is 88.2 Å². The van der Waals surface area contributed by atoms with E-state index in [9.17, 15) is 24.3 Å². The zero-order valence-corrected chi connectivity index (χ0v) is 26.1. The minimum atomic E-state index is -1.01. The van der Waals surface area contributed by atoms with Crippen LogP contribution in [0.3, 0.4) is 0 Å². The molecule has 47 heavy (non-hydrogen) atoms. The first-order valence-electron chi connectivity index (χ1n) is 15.0. The van der Waals surface area contributed by atoms with Crippen LogP contribution in [0, 0.1) is 11.6 Å². The van der Waals surface area contributed by atoms with Gasteiger partial charge >= 0.3 is 0 Å². The quantitative estimate of drug-likeness (QED) is 0.315. The van der Waals surface area contributed by atoms with Crippen LogP contribution in [0.5, 0.6) is 5.75 Å². The Balaban J connectivity index is 1.79. The number of rotatable bonds is 5. The van der Waals surface area contributed by atoms with Gasteiger partial charge in [0, 0.05) is 25.0 Å². The third-order valence-corrected chi connectivity index (χ3v) is 8.89. The van der Waals surface area contributed by atoms with Crippen molar-refractivity contribution in [1.82, 2.24) is 14.5 Å². The molecule has 2 aliphatic rings. The number of primary amides is 1. The lowest BCUT2D eigenvalue weighted by molar-refractivity contribution is -0.130. The number of amides is 3. The number of benzene rings is 2. The number of pyridine rings is 2. The number of anilines is 2. The number of hydrogen-bond acceptors (Lipinski definition) is 7. The van der Waals surface area contributed by atoms with Gasteiger partial charge in [0.1, 0.15) is 29.0 Å². The SMILES string of the molecule is C=CC(=O)N1C[C@@H]2C(=O)N(C)c3c(c4cc(F)c(-c5c(O)cccc5F)nc4n(-c4c(C(N)=O)cccc4C(C)C)c3=O)N2C[C@H]1C. The molecule has 11 nitrogen and oxygen atoms in total. The second-order valence-electron chi connectivity index (χ2n) is 12.0. The normalized spacial score (nSPS) is 17.6. The lowest BCUT2D eigenvalue weighted by Gasteiger charge is -2.49. The van der Waals surface area contributed by atoms with Gasteiger partial charge in [-0.25, -0.2) is 13.8 Å². The van der Waals surface area contributed by atoms with Gasteiger partial charge in [0.15, 0.2) is 11.5 Å². The fourth-order valence-corrected chi connectivity index (χ4v) is 6.65. The molecule has 242 valence electrons. The molecule has 1 saturated heterocycles. The molecule has 0 bridgehead atoms. The zero-order valence-electron chi connectivity index (χ0n) is 26.1. The predicted octanol–water partition coefficient (Wildman–Crippen LogP) is 3.83. The molecule has 13 heteroatoms. The summed E-state index contributed by atoms with van der Waals surface area (Å²) in [6.45, 7) is 9.09. The van der Waals surface area contributed by atoms with Crippen LogP contribution >= 0.6 is 0 Å². The molecule has 6 rings (SSSR count). The number of halogens is 2. The average Bonchev–Trinajstić information content (AvgIpc) is 3.02. The number of hydrogen-bond donors (Lipinski definition) is 2. The van der Waals surface area contributed by atoms with Gasteiger partial charge in [0.25, 0.3) is 17.4 Å². The maximum atomic E-state index is 16.2. The molecule has 1 fully saturated rings. The number of aromatic nitrogens is 2. The minimum Gasteiger partial charge on any atom is -0.507 e. The van der Waals surface area contributed by atoms with E-state index in [0.717, 1.165) is 27.7 Å². The van der Waals surface area contributed by atoms with Gasteiger partial charge in [-0.1, -0.05) is 38.6 Å². The summed E-state index contributed by atoms with van der Waals surface area (Å²) in [7, 11) is 1.41. The largest absolute Gasteiger partial charge is 0.507 e. The summed E-state index contributed by atoms with van der Waals surface area (Å²) in [6, 6.07) is 7.94. The van der Waals surface area contributed by atoms with Crippen LogP contribution < -0.4 is 21.1 Å². The van der Waals surface area contributed by atoms with Crippen molar-refractivity contribution >= 4 is 40.1 Å². The summed E-state index contributed by atoms with van der Waals surface area (Å²) in [6.07, 6.45) is 1.16. The summed E-state index contributed by atoms with van der Waals surface area (Å²) in [5.74, 6) is -4.50. The second-order valence-corrected chi connectivity index (χ2v) is 12.0. The van der Waals surface area contributed by atoms with E-state index < -0.39 is 58.1 Å². The van der Waals surface area contributed by atoms with Crippen molar-refractivity contribution in [1.29, 1.82) is 0 Å². The van der Waals surface area contributed by atoms with E-state index in [2.05, 4.69) is 11.6 Å². The number of nitrogens with zero attached hydrogens (tertiary/aromatic N) is 5. The topological polar surface area (TPSA) is 142 Å². The molecule has 2 aromatic heterocycles. The molecular formula is C34H32F2N6O5. The number of fused-ring (bicyclic) bond motifs is 5. The van der Waals surface area contributed by atoms with Gasteiger partial charge < -0.3 is 25.5 Å². The maximum Gasteiger partial charge on any atom is 0.282 e. The van der Waals surface area contributed by atoms with E-state index in [1.165, 1.54) is 30.1 Å². The van der Waals surface area contributed by atoms with Crippen LogP contribution in [-0.4, -0.2) is 69.5 Å². The highest BCUT2D eigenvalue weighted by Gasteiger charge is 2.46. The monoisotopic (exact) mass is 642 g/mol. The minimum absolute atomic E-state index is 0.0295. The Morgan fingerprint density at radius 3 is 2.40 bits per heavy atom. The fraction of sp³-hybridized carbons (Fsp3) is 0.265. The highest BCUT2D eigenvalue weighted by Crippen LogP contribution is 2.44. The summed E-state index contributed by atoms with van der Waals surface area (Å²) in [5.41, 5.74) is 4.43. The lowest BCUT2D eigenvalue weighted by Crippen LogP contribution is -2.66. The smallest absolute Gasteiger partial charge is 0.282 e. The van der Waals surface area contributed by atoms with E-state index in [1.807, 2.05) is 13.8 Å². The first-order valence-corrected chi connectivity index (χ1v) is 15.0. The Morgan fingerprint density at radius 2 is 1.77 bits per heavy atom. The van der Waals surface area contributed by atoms with Crippen LogP contribution in [0.15, 0.2) is 59.9 Å². The van der Waals surface area contributed by atoms with Crippen molar-refractivity contribution in [3.8, 4) is 22.7 Å². The number of phenols is 1. The van der Waals surface area contributed by atoms with Gasteiger partial charge in [-0.05, 0) is 48.7 Å². The summed E-state index contributed by atoms with van der Waals surface area (Å²) in [5, 5.41) is 10.7. The van der Waals surface area contributed by atoms with E-state index in [1.54, 1.807) is 24.0 Å². The molecule has 0 spiro atoms. The molecule has 0 radical (unpaired) electrons. The molecule has 3 N–H and O–H groups in total. The van der Waals surface area contributed by atoms with Crippen molar-refractivity contribution in [3.63, 3.8) is 0 Å². The van der Waals surface area contributed by atoms with Gasteiger partial charge in [0.05, 0.1) is 29.0 Å².